The lowest BCUT2D eigenvalue weighted by atomic mass is 10.0. The second-order valence-corrected chi connectivity index (χ2v) is 5.75. The molecule has 4 aromatic rings. The predicted octanol–water partition coefficient (Wildman–Crippen LogP) is 4.18. The molecule has 0 fully saturated rings. The van der Waals surface area contributed by atoms with Gasteiger partial charge in [-0.25, -0.2) is 0 Å². The highest BCUT2D eigenvalue weighted by Crippen LogP contribution is 2.24. The Kier molecular flexibility index (Phi) is 4.39. The van der Waals surface area contributed by atoms with E-state index in [9.17, 15) is 0 Å². The van der Waals surface area contributed by atoms with Crippen LogP contribution in [0, 0.1) is 0 Å². The number of nitrogens with one attached hydrogen (secondary N) is 2. The first-order valence-electron chi connectivity index (χ1n) is 8.15. The number of aromatic amines is 2. The summed E-state index contributed by atoms with van der Waals surface area (Å²) in [7, 11) is 0. The van der Waals surface area contributed by atoms with E-state index in [1.54, 1.807) is 12.4 Å². The van der Waals surface area contributed by atoms with E-state index in [1.807, 2.05) is 36.4 Å². The third-order valence-corrected chi connectivity index (χ3v) is 4.13. The summed E-state index contributed by atoms with van der Waals surface area (Å²) in [6, 6.07) is 20.3. The van der Waals surface area contributed by atoms with Gasteiger partial charge in [0.05, 0.1) is 24.6 Å². The normalized spacial score (nSPS) is 10.9. The number of aromatic nitrogens is 4. The molecule has 2 N–H and O–H groups in total. The number of hydrogen-bond donors (Lipinski definition) is 2. The average Bonchev–Trinajstić information content (AvgIpc) is 3.37. The van der Waals surface area contributed by atoms with Gasteiger partial charge in [-0.15, -0.1) is 0 Å². The highest BCUT2D eigenvalue weighted by Gasteiger charge is 2.08. The summed E-state index contributed by atoms with van der Waals surface area (Å²) in [5, 5.41) is 14.1. The minimum atomic E-state index is 0.534. The van der Waals surface area contributed by atoms with Crippen LogP contribution in [0.25, 0.3) is 22.5 Å². The zero-order valence-electron chi connectivity index (χ0n) is 13.6. The van der Waals surface area contributed by atoms with Crippen LogP contribution >= 0.6 is 0 Å². The number of ether oxygens (including phenoxy) is 1. The summed E-state index contributed by atoms with van der Waals surface area (Å²) in [5.74, 6) is 0. The number of nitrogens with zero attached hydrogens (tertiary/aromatic N) is 2. The van der Waals surface area contributed by atoms with Crippen LogP contribution in [0.3, 0.4) is 0 Å². The van der Waals surface area contributed by atoms with Gasteiger partial charge in [0.25, 0.3) is 0 Å². The highest BCUT2D eigenvalue weighted by atomic mass is 16.5. The lowest BCUT2D eigenvalue weighted by Crippen LogP contribution is -1.98. The molecule has 0 unspecified atom stereocenters. The topological polar surface area (TPSA) is 66.6 Å². The van der Waals surface area contributed by atoms with Crippen LogP contribution in [0.5, 0.6) is 0 Å². The molecular formula is C20H18N4O. The molecule has 0 spiro atoms. The van der Waals surface area contributed by atoms with Crippen LogP contribution in [-0.4, -0.2) is 20.4 Å². The van der Waals surface area contributed by atoms with E-state index in [1.165, 1.54) is 0 Å². The molecule has 0 saturated heterocycles. The summed E-state index contributed by atoms with van der Waals surface area (Å²) < 4.78 is 6.01. The Labute approximate surface area is 145 Å². The lowest BCUT2D eigenvalue weighted by Gasteiger charge is -2.11. The molecule has 0 atom stereocenters. The van der Waals surface area contributed by atoms with Gasteiger partial charge in [-0.1, -0.05) is 48.5 Å². The summed E-state index contributed by atoms with van der Waals surface area (Å²) in [4.78, 5) is 0. The van der Waals surface area contributed by atoms with Crippen molar-refractivity contribution < 1.29 is 4.74 Å². The van der Waals surface area contributed by atoms with Crippen molar-refractivity contribution in [1.82, 2.24) is 20.4 Å². The maximum Gasteiger partial charge on any atom is 0.0728 e. The van der Waals surface area contributed by atoms with Crippen LogP contribution in [0.2, 0.25) is 0 Å². The first kappa shape index (κ1) is 15.4. The number of H-pyrrole nitrogens is 2. The van der Waals surface area contributed by atoms with Crippen molar-refractivity contribution in [3.05, 3.63) is 84.2 Å². The van der Waals surface area contributed by atoms with Gasteiger partial charge < -0.3 is 4.74 Å². The van der Waals surface area contributed by atoms with Crippen LogP contribution < -0.4 is 0 Å². The van der Waals surface area contributed by atoms with Gasteiger partial charge in [-0.05, 0) is 23.3 Å². The summed E-state index contributed by atoms with van der Waals surface area (Å²) >= 11 is 0. The van der Waals surface area contributed by atoms with E-state index in [-0.39, 0.29) is 0 Å². The van der Waals surface area contributed by atoms with E-state index in [0.29, 0.717) is 13.2 Å². The molecule has 124 valence electrons. The largest absolute Gasteiger partial charge is 0.372 e. The van der Waals surface area contributed by atoms with E-state index in [2.05, 4.69) is 44.7 Å². The Hall–Kier alpha value is -3.18. The third kappa shape index (κ3) is 3.36. The highest BCUT2D eigenvalue weighted by molar-refractivity contribution is 5.63. The molecular weight excluding hydrogens is 312 g/mol. The predicted molar refractivity (Wildman–Crippen MR) is 96.5 cm³/mol. The molecule has 5 heteroatoms. The van der Waals surface area contributed by atoms with Crippen LogP contribution in [0.4, 0.5) is 0 Å². The molecule has 4 rings (SSSR count). The van der Waals surface area contributed by atoms with E-state index >= 15 is 0 Å². The van der Waals surface area contributed by atoms with Gasteiger partial charge in [-0.3, -0.25) is 10.2 Å². The second-order valence-electron chi connectivity index (χ2n) is 5.75. The van der Waals surface area contributed by atoms with Crippen molar-refractivity contribution in [2.24, 2.45) is 0 Å². The first-order chi connectivity index (χ1) is 12.4. The minimum Gasteiger partial charge on any atom is -0.372 e. The average molecular weight is 330 g/mol. The Morgan fingerprint density at radius 2 is 1.12 bits per heavy atom. The number of hydrogen-bond acceptors (Lipinski definition) is 3. The van der Waals surface area contributed by atoms with Crippen molar-refractivity contribution in [2.45, 2.75) is 13.2 Å². The smallest absolute Gasteiger partial charge is 0.0728 e. The molecule has 0 aliphatic heterocycles. The van der Waals surface area contributed by atoms with Crippen molar-refractivity contribution in [1.29, 1.82) is 0 Å². The zero-order chi connectivity index (χ0) is 16.9. The molecule has 2 aromatic carbocycles. The molecule has 2 heterocycles. The van der Waals surface area contributed by atoms with Crippen molar-refractivity contribution in [3.63, 3.8) is 0 Å². The molecule has 0 saturated carbocycles. The Bertz CT molecular complexity index is 852. The van der Waals surface area contributed by atoms with Gasteiger partial charge in [0.15, 0.2) is 0 Å². The van der Waals surface area contributed by atoms with Crippen molar-refractivity contribution >= 4 is 0 Å². The van der Waals surface area contributed by atoms with Gasteiger partial charge in [0, 0.05) is 23.5 Å². The van der Waals surface area contributed by atoms with Crippen LogP contribution in [0.15, 0.2) is 73.1 Å². The van der Waals surface area contributed by atoms with E-state index in [0.717, 1.165) is 33.6 Å². The SMILES string of the molecule is c1ccc(-c2ccn[nH]2)c(COCc2ccccc2-c2ccn[nH]2)c1. The molecule has 0 aliphatic carbocycles. The van der Waals surface area contributed by atoms with Crippen LogP contribution in [0.1, 0.15) is 11.1 Å². The maximum atomic E-state index is 6.01. The Morgan fingerprint density at radius 1 is 0.640 bits per heavy atom. The van der Waals surface area contributed by atoms with Crippen molar-refractivity contribution in [3.8, 4) is 22.5 Å². The van der Waals surface area contributed by atoms with Gasteiger partial charge in [0.1, 0.15) is 0 Å². The fourth-order valence-electron chi connectivity index (χ4n) is 2.90. The number of benzene rings is 2. The van der Waals surface area contributed by atoms with Gasteiger partial charge >= 0.3 is 0 Å². The monoisotopic (exact) mass is 330 g/mol. The lowest BCUT2D eigenvalue weighted by molar-refractivity contribution is 0.108. The third-order valence-electron chi connectivity index (χ3n) is 4.13. The second kappa shape index (κ2) is 7.15. The van der Waals surface area contributed by atoms with E-state index < -0.39 is 0 Å². The molecule has 2 aromatic heterocycles. The fraction of sp³-hybridized carbons (Fsp3) is 0.100. The molecule has 0 bridgehead atoms. The summed E-state index contributed by atoms with van der Waals surface area (Å²) in [6.07, 6.45) is 3.52. The molecule has 0 amide bonds. The Balaban J connectivity index is 1.50. The molecule has 0 aliphatic rings. The zero-order valence-corrected chi connectivity index (χ0v) is 13.6. The van der Waals surface area contributed by atoms with Gasteiger partial charge in [-0.2, -0.15) is 10.2 Å². The van der Waals surface area contributed by atoms with Crippen LogP contribution in [-0.2, 0) is 18.0 Å². The Morgan fingerprint density at radius 3 is 1.56 bits per heavy atom. The van der Waals surface area contributed by atoms with Gasteiger partial charge in [0.2, 0.25) is 0 Å². The fourth-order valence-corrected chi connectivity index (χ4v) is 2.90. The quantitative estimate of drug-likeness (QED) is 0.557. The molecule has 5 nitrogen and oxygen atoms in total. The first-order valence-corrected chi connectivity index (χ1v) is 8.15. The summed E-state index contributed by atoms with van der Waals surface area (Å²) in [5.41, 5.74) is 6.48. The van der Waals surface area contributed by atoms with E-state index in [4.69, 9.17) is 4.74 Å². The molecule has 25 heavy (non-hydrogen) atoms. The standard InChI is InChI=1S/C20H18N4O/c1-3-7-17(19-9-11-21-23-19)15(5-1)13-25-14-16-6-2-4-8-18(16)20-10-12-22-24-20/h1-12H,13-14H2,(H,21,23)(H,22,24). The maximum absolute atomic E-state index is 6.01. The summed E-state index contributed by atoms with van der Waals surface area (Å²) in [6.45, 7) is 1.07. The van der Waals surface area contributed by atoms with Crippen molar-refractivity contribution in [2.75, 3.05) is 0 Å². The minimum absolute atomic E-state index is 0.534. The molecule has 0 radical (unpaired) electrons. The number of rotatable bonds is 6.